The van der Waals surface area contributed by atoms with Crippen LogP contribution in [0.2, 0.25) is 5.02 Å². The topological polar surface area (TPSA) is 43.8 Å². The van der Waals surface area contributed by atoms with E-state index in [0.717, 1.165) is 18.7 Å². The van der Waals surface area contributed by atoms with Crippen molar-refractivity contribution in [3.05, 3.63) is 29.0 Å². The molecular formula is C14H20ClFN2O2. The molecule has 0 saturated heterocycles. The Balaban J connectivity index is 2.73. The number of carboxylic acids is 1. The highest BCUT2D eigenvalue weighted by Crippen LogP contribution is 2.23. The number of anilines is 1. The molecule has 1 rings (SSSR count). The Labute approximate surface area is 123 Å². The van der Waals surface area contributed by atoms with Gasteiger partial charge in [-0.1, -0.05) is 11.6 Å². The minimum absolute atomic E-state index is 0.0387. The number of benzene rings is 1. The molecule has 0 heterocycles. The molecule has 0 saturated carbocycles. The summed E-state index contributed by atoms with van der Waals surface area (Å²) in [5.41, 5.74) is 0.747. The van der Waals surface area contributed by atoms with Gasteiger partial charge in [0.25, 0.3) is 0 Å². The van der Waals surface area contributed by atoms with E-state index in [1.54, 1.807) is 6.07 Å². The van der Waals surface area contributed by atoms with Gasteiger partial charge in [-0.15, -0.1) is 0 Å². The largest absolute Gasteiger partial charge is 0.481 e. The molecule has 20 heavy (non-hydrogen) atoms. The molecule has 1 aromatic carbocycles. The van der Waals surface area contributed by atoms with Crippen molar-refractivity contribution >= 4 is 23.3 Å². The lowest BCUT2D eigenvalue weighted by Crippen LogP contribution is -2.29. The highest BCUT2D eigenvalue weighted by atomic mass is 35.5. The van der Waals surface area contributed by atoms with Gasteiger partial charge in [0, 0.05) is 18.8 Å². The highest BCUT2D eigenvalue weighted by Gasteiger charge is 2.11. The highest BCUT2D eigenvalue weighted by molar-refractivity contribution is 6.31. The van der Waals surface area contributed by atoms with E-state index in [2.05, 4.69) is 4.90 Å². The molecule has 0 bridgehead atoms. The molecule has 0 amide bonds. The summed E-state index contributed by atoms with van der Waals surface area (Å²) in [6.07, 6.45) is 0.929. The Kier molecular flexibility index (Phi) is 6.75. The number of aliphatic carboxylic acids is 1. The van der Waals surface area contributed by atoms with Crippen molar-refractivity contribution in [2.24, 2.45) is 0 Å². The Morgan fingerprint density at radius 2 is 2.00 bits per heavy atom. The van der Waals surface area contributed by atoms with Gasteiger partial charge in [0.05, 0.1) is 11.4 Å². The second-order valence-electron chi connectivity index (χ2n) is 4.89. The van der Waals surface area contributed by atoms with E-state index in [1.165, 1.54) is 12.1 Å². The third-order valence-corrected chi connectivity index (χ3v) is 3.19. The fraction of sp³-hybridized carbons (Fsp3) is 0.500. The van der Waals surface area contributed by atoms with E-state index in [1.807, 2.05) is 19.0 Å². The maximum Gasteiger partial charge on any atom is 0.305 e. The van der Waals surface area contributed by atoms with Crippen LogP contribution in [-0.4, -0.2) is 49.7 Å². The zero-order valence-corrected chi connectivity index (χ0v) is 12.5. The number of nitrogens with zero attached hydrogens (tertiary/aromatic N) is 2. The molecule has 0 aliphatic carbocycles. The van der Waals surface area contributed by atoms with Gasteiger partial charge in [0.1, 0.15) is 5.82 Å². The van der Waals surface area contributed by atoms with Crippen LogP contribution < -0.4 is 4.90 Å². The molecule has 0 unspecified atom stereocenters. The summed E-state index contributed by atoms with van der Waals surface area (Å²) in [7, 11) is 3.96. The zero-order chi connectivity index (χ0) is 15.1. The number of rotatable bonds is 8. The summed E-state index contributed by atoms with van der Waals surface area (Å²) >= 11 is 5.78. The van der Waals surface area contributed by atoms with E-state index < -0.39 is 11.8 Å². The van der Waals surface area contributed by atoms with Gasteiger partial charge in [-0.05, 0) is 45.3 Å². The number of carbonyl (C=O) groups is 1. The van der Waals surface area contributed by atoms with Gasteiger partial charge < -0.3 is 14.9 Å². The maximum atomic E-state index is 13.2. The minimum Gasteiger partial charge on any atom is -0.481 e. The molecule has 1 N–H and O–H groups in total. The van der Waals surface area contributed by atoms with Gasteiger partial charge in [0.2, 0.25) is 0 Å². The summed E-state index contributed by atoms with van der Waals surface area (Å²) < 4.78 is 13.2. The third kappa shape index (κ3) is 5.75. The fourth-order valence-corrected chi connectivity index (χ4v) is 2.03. The molecule has 0 atom stereocenters. The summed E-state index contributed by atoms with van der Waals surface area (Å²) in [6.45, 7) is 1.98. The molecule has 1 aromatic rings. The van der Waals surface area contributed by atoms with Crippen molar-refractivity contribution < 1.29 is 14.3 Å². The maximum absolute atomic E-state index is 13.2. The summed E-state index contributed by atoms with van der Waals surface area (Å²) in [5, 5.41) is 8.85. The molecule has 4 nitrogen and oxygen atoms in total. The first kappa shape index (κ1) is 16.7. The number of halogens is 2. The first-order valence-corrected chi connectivity index (χ1v) is 6.84. The van der Waals surface area contributed by atoms with Crippen LogP contribution in [0.15, 0.2) is 18.2 Å². The van der Waals surface area contributed by atoms with E-state index in [4.69, 9.17) is 16.7 Å². The average Bonchev–Trinajstić information content (AvgIpc) is 2.36. The van der Waals surface area contributed by atoms with Gasteiger partial charge in [-0.2, -0.15) is 0 Å². The van der Waals surface area contributed by atoms with Crippen molar-refractivity contribution in [1.82, 2.24) is 4.90 Å². The second-order valence-corrected chi connectivity index (χ2v) is 5.29. The first-order chi connectivity index (χ1) is 9.40. The molecule has 0 aliphatic heterocycles. The van der Waals surface area contributed by atoms with Crippen molar-refractivity contribution in [2.75, 3.05) is 38.6 Å². The lowest BCUT2D eigenvalue weighted by Gasteiger charge is -2.25. The van der Waals surface area contributed by atoms with Crippen LogP contribution in [0.4, 0.5) is 10.1 Å². The Hall–Kier alpha value is -1.33. The average molecular weight is 303 g/mol. The second kappa shape index (κ2) is 8.07. The zero-order valence-electron chi connectivity index (χ0n) is 11.8. The molecule has 0 aliphatic rings. The van der Waals surface area contributed by atoms with E-state index >= 15 is 0 Å². The summed E-state index contributed by atoms with van der Waals surface area (Å²) in [5.74, 6) is -1.32. The number of carboxylic acid groups (broad SMARTS) is 1. The van der Waals surface area contributed by atoms with E-state index in [0.29, 0.717) is 13.1 Å². The predicted octanol–water partition coefficient (Wildman–Crippen LogP) is 2.71. The smallest absolute Gasteiger partial charge is 0.305 e. The van der Waals surface area contributed by atoms with Crippen LogP contribution in [0.25, 0.3) is 0 Å². The van der Waals surface area contributed by atoms with Crippen LogP contribution in [-0.2, 0) is 4.79 Å². The molecular weight excluding hydrogens is 283 g/mol. The van der Waals surface area contributed by atoms with E-state index in [-0.39, 0.29) is 11.4 Å². The van der Waals surface area contributed by atoms with Crippen LogP contribution >= 0.6 is 11.6 Å². The van der Waals surface area contributed by atoms with Gasteiger partial charge in [-0.3, -0.25) is 4.79 Å². The lowest BCUT2D eigenvalue weighted by atomic mass is 10.2. The molecule has 0 radical (unpaired) electrons. The first-order valence-electron chi connectivity index (χ1n) is 6.46. The van der Waals surface area contributed by atoms with Gasteiger partial charge in [0.15, 0.2) is 0 Å². The van der Waals surface area contributed by atoms with Crippen LogP contribution in [0, 0.1) is 5.82 Å². The van der Waals surface area contributed by atoms with Crippen LogP contribution in [0.1, 0.15) is 12.8 Å². The molecule has 0 fully saturated rings. The lowest BCUT2D eigenvalue weighted by molar-refractivity contribution is -0.136. The quantitative estimate of drug-likeness (QED) is 0.802. The standard InChI is InChI=1S/C14H20ClFN2O2/c1-17(2)7-3-8-18(9-6-14(19)20)11-4-5-13(16)12(15)10-11/h4-5,10H,3,6-9H2,1-2H3,(H,19,20). The fourth-order valence-electron chi connectivity index (χ4n) is 1.86. The van der Waals surface area contributed by atoms with Crippen molar-refractivity contribution in [1.29, 1.82) is 0 Å². The molecule has 0 aromatic heterocycles. The van der Waals surface area contributed by atoms with Gasteiger partial charge in [-0.25, -0.2) is 4.39 Å². The Morgan fingerprint density at radius 1 is 1.30 bits per heavy atom. The van der Waals surface area contributed by atoms with Crippen LogP contribution in [0.3, 0.4) is 0 Å². The van der Waals surface area contributed by atoms with Crippen LogP contribution in [0.5, 0.6) is 0 Å². The third-order valence-electron chi connectivity index (χ3n) is 2.90. The predicted molar refractivity (Wildman–Crippen MR) is 79.0 cm³/mol. The van der Waals surface area contributed by atoms with Crippen molar-refractivity contribution in [3.8, 4) is 0 Å². The van der Waals surface area contributed by atoms with Crippen molar-refractivity contribution in [3.63, 3.8) is 0 Å². The summed E-state index contributed by atoms with van der Waals surface area (Å²) in [4.78, 5) is 14.7. The molecule has 112 valence electrons. The minimum atomic E-state index is -0.851. The molecule has 6 heteroatoms. The Bertz CT molecular complexity index is 455. The summed E-state index contributed by atoms with van der Waals surface area (Å²) in [6, 6.07) is 4.46. The Morgan fingerprint density at radius 3 is 2.55 bits per heavy atom. The number of hydrogen-bond donors (Lipinski definition) is 1. The SMILES string of the molecule is CN(C)CCCN(CCC(=O)O)c1ccc(F)c(Cl)c1. The van der Waals surface area contributed by atoms with Gasteiger partial charge >= 0.3 is 5.97 Å². The monoisotopic (exact) mass is 302 g/mol. The number of hydrogen-bond acceptors (Lipinski definition) is 3. The van der Waals surface area contributed by atoms with E-state index in [9.17, 15) is 9.18 Å². The van der Waals surface area contributed by atoms with Crippen molar-refractivity contribution in [2.45, 2.75) is 12.8 Å². The normalized spacial score (nSPS) is 10.8. The molecule has 0 spiro atoms.